The summed E-state index contributed by atoms with van der Waals surface area (Å²) in [5.74, 6) is -0.227. The van der Waals surface area contributed by atoms with Crippen molar-refractivity contribution in [1.29, 1.82) is 0 Å². The van der Waals surface area contributed by atoms with Crippen molar-refractivity contribution >= 4 is 22.5 Å². The maximum atomic E-state index is 14.4. The number of hydrogen-bond acceptors (Lipinski definition) is 2. The second-order valence-electron chi connectivity index (χ2n) is 7.22. The molecule has 1 aromatic carbocycles. The van der Waals surface area contributed by atoms with Gasteiger partial charge in [-0.05, 0) is 42.7 Å². The Morgan fingerprint density at radius 3 is 2.85 bits per heavy atom. The molecule has 0 bridgehead atoms. The van der Waals surface area contributed by atoms with Crippen LogP contribution in [-0.4, -0.2) is 40.3 Å². The van der Waals surface area contributed by atoms with Crippen molar-refractivity contribution < 1.29 is 8.78 Å². The van der Waals surface area contributed by atoms with E-state index in [0.717, 1.165) is 41.9 Å². The molecule has 4 heterocycles. The van der Waals surface area contributed by atoms with Crippen molar-refractivity contribution in [2.75, 3.05) is 19.6 Å². The number of hydrogen-bond donors (Lipinski definition) is 0. The Hall–Kier alpha value is -1.98. The molecule has 0 N–H and O–H groups in total. The first-order valence-electron chi connectivity index (χ1n) is 8.92. The summed E-state index contributed by atoms with van der Waals surface area (Å²) in [7, 11) is 0. The highest BCUT2D eigenvalue weighted by Crippen LogP contribution is 2.41. The van der Waals surface area contributed by atoms with Gasteiger partial charge in [-0.2, -0.15) is 0 Å². The van der Waals surface area contributed by atoms with Gasteiger partial charge in [-0.15, -0.1) is 0 Å². The van der Waals surface area contributed by atoms with Gasteiger partial charge in [-0.1, -0.05) is 23.7 Å². The Kier molecular flexibility index (Phi) is 3.76. The molecule has 26 heavy (non-hydrogen) atoms. The molecule has 134 valence electrons. The molecule has 5 rings (SSSR count). The third kappa shape index (κ3) is 2.53. The lowest BCUT2D eigenvalue weighted by Crippen LogP contribution is -2.48. The van der Waals surface area contributed by atoms with Gasteiger partial charge in [-0.25, -0.2) is 13.8 Å². The number of aromatic nitrogens is 2. The molecule has 1 fully saturated rings. The molecule has 0 spiro atoms. The van der Waals surface area contributed by atoms with Crippen LogP contribution in [0.25, 0.3) is 22.3 Å². The zero-order valence-electron chi connectivity index (χ0n) is 14.1. The van der Waals surface area contributed by atoms with E-state index in [0.29, 0.717) is 23.6 Å². The van der Waals surface area contributed by atoms with Gasteiger partial charge in [0.1, 0.15) is 17.1 Å². The molecule has 0 radical (unpaired) electrons. The molecule has 6 heteroatoms. The fourth-order valence-corrected chi connectivity index (χ4v) is 4.39. The predicted octanol–water partition coefficient (Wildman–Crippen LogP) is 4.64. The summed E-state index contributed by atoms with van der Waals surface area (Å²) in [6.45, 7) is 1.89. The van der Waals surface area contributed by atoms with Crippen LogP contribution in [0.15, 0.2) is 36.4 Å². The zero-order chi connectivity index (χ0) is 17.8. The molecule has 2 aliphatic heterocycles. The minimum Gasteiger partial charge on any atom is -0.336 e. The molecule has 2 aromatic heterocycles. The number of pyridine rings is 1. The maximum Gasteiger partial charge on any atom is 0.132 e. The Balaban J connectivity index is 1.60. The molecule has 0 aliphatic carbocycles. The number of halogens is 3. The lowest BCUT2D eigenvalue weighted by atomic mass is 9.95. The second kappa shape index (κ2) is 6.03. The van der Waals surface area contributed by atoms with Crippen molar-refractivity contribution in [3.8, 4) is 11.4 Å². The summed E-state index contributed by atoms with van der Waals surface area (Å²) in [5.41, 5.74) is 3.74. The topological polar surface area (TPSA) is 21.1 Å². The Labute approximate surface area is 155 Å². The third-order valence-corrected chi connectivity index (χ3v) is 5.74. The van der Waals surface area contributed by atoms with Crippen molar-refractivity contribution in [3.05, 3.63) is 52.9 Å². The van der Waals surface area contributed by atoms with Gasteiger partial charge in [0.15, 0.2) is 0 Å². The fourth-order valence-electron chi connectivity index (χ4n) is 4.24. The normalized spacial score (nSPS) is 20.0. The van der Waals surface area contributed by atoms with Gasteiger partial charge in [-0.3, -0.25) is 4.90 Å². The Bertz CT molecular complexity index is 994. The first-order chi connectivity index (χ1) is 12.6. The number of likely N-dealkylation sites (tertiary alicyclic amines) is 1. The van der Waals surface area contributed by atoms with E-state index in [2.05, 4.69) is 14.5 Å². The van der Waals surface area contributed by atoms with Crippen molar-refractivity contribution in [1.82, 2.24) is 14.5 Å². The quantitative estimate of drug-likeness (QED) is 0.624. The number of rotatable bonds is 3. The van der Waals surface area contributed by atoms with Crippen LogP contribution in [0.4, 0.5) is 8.78 Å². The average molecular weight is 374 g/mol. The Morgan fingerprint density at radius 1 is 1.19 bits per heavy atom. The van der Waals surface area contributed by atoms with E-state index < -0.39 is 6.17 Å². The largest absolute Gasteiger partial charge is 0.336 e. The zero-order valence-corrected chi connectivity index (χ0v) is 14.9. The van der Waals surface area contributed by atoms with Gasteiger partial charge in [0.2, 0.25) is 0 Å². The SMILES string of the molecule is Fc1cccc2c1cc1n2C(CCN2CC(F)C2)Cc2ccc(Cl)nc2-1. The van der Waals surface area contributed by atoms with Gasteiger partial charge in [0, 0.05) is 31.1 Å². The summed E-state index contributed by atoms with van der Waals surface area (Å²) in [5, 5.41) is 1.05. The van der Waals surface area contributed by atoms with Crippen LogP contribution in [0.5, 0.6) is 0 Å². The molecule has 1 unspecified atom stereocenters. The van der Waals surface area contributed by atoms with E-state index in [1.54, 1.807) is 12.1 Å². The molecule has 0 amide bonds. The predicted molar refractivity (Wildman–Crippen MR) is 98.8 cm³/mol. The molecular weight excluding hydrogens is 356 g/mol. The van der Waals surface area contributed by atoms with Crippen LogP contribution in [0.3, 0.4) is 0 Å². The summed E-state index contributed by atoms with van der Waals surface area (Å²) < 4.78 is 29.7. The van der Waals surface area contributed by atoms with Gasteiger partial charge < -0.3 is 4.57 Å². The highest BCUT2D eigenvalue weighted by atomic mass is 35.5. The monoisotopic (exact) mass is 373 g/mol. The minimum absolute atomic E-state index is 0.193. The van der Waals surface area contributed by atoms with Crippen LogP contribution in [-0.2, 0) is 6.42 Å². The summed E-state index contributed by atoms with van der Waals surface area (Å²) in [4.78, 5) is 6.64. The second-order valence-corrected chi connectivity index (χ2v) is 7.60. The number of nitrogens with zero attached hydrogens (tertiary/aromatic N) is 3. The first-order valence-corrected chi connectivity index (χ1v) is 9.29. The van der Waals surface area contributed by atoms with Crippen LogP contribution in [0.2, 0.25) is 5.15 Å². The number of alkyl halides is 1. The minimum atomic E-state index is -0.689. The van der Waals surface area contributed by atoms with E-state index in [1.807, 2.05) is 18.2 Å². The molecule has 3 nitrogen and oxygen atoms in total. The molecule has 0 saturated carbocycles. The maximum absolute atomic E-state index is 14.4. The van der Waals surface area contributed by atoms with Crippen molar-refractivity contribution in [3.63, 3.8) is 0 Å². The first kappa shape index (κ1) is 16.2. The van der Waals surface area contributed by atoms with E-state index in [9.17, 15) is 8.78 Å². The highest BCUT2D eigenvalue weighted by Gasteiger charge is 2.31. The number of fused-ring (bicyclic) bond motifs is 5. The fraction of sp³-hybridized carbons (Fsp3) is 0.350. The highest BCUT2D eigenvalue weighted by molar-refractivity contribution is 6.29. The van der Waals surface area contributed by atoms with Gasteiger partial charge in [0.25, 0.3) is 0 Å². The van der Waals surface area contributed by atoms with Crippen LogP contribution < -0.4 is 0 Å². The third-order valence-electron chi connectivity index (χ3n) is 5.53. The molecule has 1 saturated heterocycles. The van der Waals surface area contributed by atoms with Crippen LogP contribution >= 0.6 is 11.6 Å². The van der Waals surface area contributed by atoms with E-state index in [-0.39, 0.29) is 11.9 Å². The van der Waals surface area contributed by atoms with E-state index >= 15 is 0 Å². The smallest absolute Gasteiger partial charge is 0.132 e. The summed E-state index contributed by atoms with van der Waals surface area (Å²) >= 11 is 6.12. The Morgan fingerprint density at radius 2 is 2.04 bits per heavy atom. The standard InChI is InChI=1S/C20H18ClF2N3/c21-19-5-4-12-8-14(6-7-25-10-13(22)11-25)26-17-3-1-2-16(23)15(17)9-18(26)20(12)24-19/h1-5,9,13-14H,6-8,10-11H2. The van der Waals surface area contributed by atoms with E-state index in [1.165, 1.54) is 6.07 Å². The molecule has 3 aromatic rings. The number of benzene rings is 1. The molecule has 1 atom stereocenters. The van der Waals surface area contributed by atoms with Crippen LogP contribution in [0.1, 0.15) is 18.0 Å². The van der Waals surface area contributed by atoms with Crippen LogP contribution in [0, 0.1) is 5.82 Å². The van der Waals surface area contributed by atoms with Crippen molar-refractivity contribution in [2.45, 2.75) is 25.1 Å². The average Bonchev–Trinajstić information content (AvgIpc) is 2.99. The molecule has 2 aliphatic rings. The lowest BCUT2D eigenvalue weighted by molar-refractivity contribution is 0.0611. The molecular formula is C20H18ClF2N3. The summed E-state index contributed by atoms with van der Waals surface area (Å²) in [6, 6.07) is 11.1. The van der Waals surface area contributed by atoms with E-state index in [4.69, 9.17) is 11.6 Å². The van der Waals surface area contributed by atoms with Gasteiger partial charge >= 0.3 is 0 Å². The van der Waals surface area contributed by atoms with Gasteiger partial charge in [0.05, 0.1) is 16.9 Å². The van der Waals surface area contributed by atoms with Crippen molar-refractivity contribution in [2.24, 2.45) is 0 Å². The summed E-state index contributed by atoms with van der Waals surface area (Å²) in [6.07, 6.45) is 1.02. The lowest BCUT2D eigenvalue weighted by Gasteiger charge is -2.36.